The Morgan fingerprint density at radius 3 is 2.18 bits per heavy atom. The summed E-state index contributed by atoms with van der Waals surface area (Å²) in [5, 5.41) is 9.22. The predicted molar refractivity (Wildman–Crippen MR) is 105 cm³/mol. The zero-order chi connectivity index (χ0) is 21.1. The number of Topliss-reactive ketones (excluding diaryl/α,β-unsaturated/α-hetero) is 2. The van der Waals surface area contributed by atoms with Crippen LogP contribution in [0.25, 0.3) is 0 Å². The third-order valence-electron chi connectivity index (χ3n) is 4.74. The standard InChI is InChI=1S/C22H30O6/c1-4-6-12-28-22(27)15(3)13-19(23)18(16-10-8-7-9-11-16)14-20(24)17(5-2)21(25)26/h7-11,15,17-18H,4-6,12-14H2,1-3H3,(H,25,26). The lowest BCUT2D eigenvalue weighted by Crippen LogP contribution is -2.28. The number of benzene rings is 1. The highest BCUT2D eigenvalue weighted by Crippen LogP contribution is 2.26. The fourth-order valence-electron chi connectivity index (χ4n) is 2.97. The van der Waals surface area contributed by atoms with Gasteiger partial charge < -0.3 is 9.84 Å². The minimum absolute atomic E-state index is 0.0539. The average Bonchev–Trinajstić information content (AvgIpc) is 2.66. The summed E-state index contributed by atoms with van der Waals surface area (Å²) < 4.78 is 5.16. The van der Waals surface area contributed by atoms with Crippen LogP contribution < -0.4 is 0 Å². The Labute approximate surface area is 166 Å². The van der Waals surface area contributed by atoms with Crippen molar-refractivity contribution < 1.29 is 29.0 Å². The lowest BCUT2D eigenvalue weighted by atomic mass is 9.83. The molecule has 0 saturated heterocycles. The van der Waals surface area contributed by atoms with Gasteiger partial charge in [-0.05, 0) is 18.4 Å². The fraction of sp³-hybridized carbons (Fsp3) is 0.545. The number of carboxylic acid groups (broad SMARTS) is 1. The third-order valence-corrected chi connectivity index (χ3v) is 4.74. The molecular formula is C22H30O6. The van der Waals surface area contributed by atoms with Gasteiger partial charge in [0.1, 0.15) is 17.5 Å². The van der Waals surface area contributed by atoms with Crippen molar-refractivity contribution in [2.75, 3.05) is 6.61 Å². The Hall–Kier alpha value is -2.50. The third kappa shape index (κ3) is 7.25. The number of carbonyl (C=O) groups is 4. The molecule has 3 unspecified atom stereocenters. The van der Waals surface area contributed by atoms with E-state index in [4.69, 9.17) is 4.74 Å². The van der Waals surface area contributed by atoms with Gasteiger partial charge in [-0.3, -0.25) is 19.2 Å². The molecule has 1 N–H and O–H groups in total. The molecule has 0 aromatic heterocycles. The summed E-state index contributed by atoms with van der Waals surface area (Å²) in [5.74, 6) is -4.87. The Balaban J connectivity index is 2.90. The first-order valence-electron chi connectivity index (χ1n) is 9.81. The molecule has 3 atom stereocenters. The SMILES string of the molecule is CCCCOC(=O)C(C)CC(=O)C(CC(=O)C(CC)C(=O)O)c1ccccc1. The zero-order valence-corrected chi connectivity index (χ0v) is 16.8. The Kier molecular flexibility index (Phi) is 10.1. The first kappa shape index (κ1) is 23.5. The molecule has 0 aliphatic rings. The number of hydrogen-bond donors (Lipinski definition) is 1. The molecule has 0 aliphatic carbocycles. The summed E-state index contributed by atoms with van der Waals surface area (Å²) in [6.45, 7) is 5.57. The van der Waals surface area contributed by atoms with Crippen LogP contribution in [0.1, 0.15) is 64.4 Å². The Morgan fingerprint density at radius 1 is 1.00 bits per heavy atom. The van der Waals surface area contributed by atoms with Crippen LogP contribution in [0.3, 0.4) is 0 Å². The zero-order valence-electron chi connectivity index (χ0n) is 16.8. The quantitative estimate of drug-likeness (QED) is 0.313. The summed E-state index contributed by atoms with van der Waals surface area (Å²) in [6.07, 6.45) is 1.60. The number of aliphatic carboxylic acids is 1. The minimum Gasteiger partial charge on any atom is -0.481 e. The van der Waals surface area contributed by atoms with Crippen molar-refractivity contribution in [2.45, 2.75) is 58.8 Å². The summed E-state index contributed by atoms with van der Waals surface area (Å²) in [6, 6.07) is 8.80. The number of esters is 1. The molecule has 0 heterocycles. The van der Waals surface area contributed by atoms with Crippen LogP contribution in [-0.2, 0) is 23.9 Å². The predicted octanol–water partition coefficient (Wildman–Crippen LogP) is 3.78. The molecule has 0 spiro atoms. The van der Waals surface area contributed by atoms with Crippen LogP contribution in [0, 0.1) is 11.8 Å². The summed E-state index contributed by atoms with van der Waals surface area (Å²) in [4.78, 5) is 48.7. The van der Waals surface area contributed by atoms with E-state index >= 15 is 0 Å². The lowest BCUT2D eigenvalue weighted by molar-refractivity contribution is -0.149. The molecule has 0 fully saturated rings. The van der Waals surface area contributed by atoms with Crippen molar-refractivity contribution >= 4 is 23.5 Å². The van der Waals surface area contributed by atoms with Gasteiger partial charge in [-0.2, -0.15) is 0 Å². The van der Waals surface area contributed by atoms with E-state index in [9.17, 15) is 24.3 Å². The number of carboxylic acids is 1. The molecule has 0 saturated carbocycles. The molecular weight excluding hydrogens is 360 g/mol. The average molecular weight is 390 g/mol. The van der Waals surface area contributed by atoms with Gasteiger partial charge in [-0.1, -0.05) is 57.5 Å². The van der Waals surface area contributed by atoms with Crippen LogP contribution in [-0.4, -0.2) is 35.2 Å². The normalized spacial score (nSPS) is 14.0. The monoisotopic (exact) mass is 390 g/mol. The van der Waals surface area contributed by atoms with Gasteiger partial charge in [0.25, 0.3) is 0 Å². The second kappa shape index (κ2) is 12.1. The van der Waals surface area contributed by atoms with Gasteiger partial charge in [0.2, 0.25) is 0 Å². The molecule has 1 rings (SSSR count). The van der Waals surface area contributed by atoms with E-state index in [0.29, 0.717) is 12.2 Å². The molecule has 6 heteroatoms. The number of rotatable bonds is 13. The molecule has 0 aliphatic heterocycles. The molecule has 28 heavy (non-hydrogen) atoms. The van der Waals surface area contributed by atoms with Crippen molar-refractivity contribution in [3.05, 3.63) is 35.9 Å². The Morgan fingerprint density at radius 2 is 1.64 bits per heavy atom. The van der Waals surface area contributed by atoms with Crippen molar-refractivity contribution in [3.8, 4) is 0 Å². The maximum atomic E-state index is 12.9. The van der Waals surface area contributed by atoms with E-state index < -0.39 is 35.5 Å². The second-order valence-corrected chi connectivity index (χ2v) is 7.03. The van der Waals surface area contributed by atoms with E-state index in [2.05, 4.69) is 0 Å². The van der Waals surface area contributed by atoms with Crippen LogP contribution in [0.15, 0.2) is 30.3 Å². The number of ether oxygens (including phenoxy) is 1. The highest BCUT2D eigenvalue weighted by molar-refractivity contribution is 6.01. The van der Waals surface area contributed by atoms with E-state index in [1.54, 1.807) is 44.2 Å². The smallest absolute Gasteiger partial charge is 0.314 e. The summed E-state index contributed by atoms with van der Waals surface area (Å²) >= 11 is 0. The topological polar surface area (TPSA) is 97.7 Å². The van der Waals surface area contributed by atoms with Crippen LogP contribution >= 0.6 is 0 Å². The van der Waals surface area contributed by atoms with Crippen molar-refractivity contribution in [2.24, 2.45) is 11.8 Å². The maximum absolute atomic E-state index is 12.9. The van der Waals surface area contributed by atoms with E-state index in [0.717, 1.165) is 12.8 Å². The molecule has 1 aromatic carbocycles. The van der Waals surface area contributed by atoms with Crippen LogP contribution in [0.4, 0.5) is 0 Å². The largest absolute Gasteiger partial charge is 0.481 e. The lowest BCUT2D eigenvalue weighted by Gasteiger charge is -2.19. The number of unbranched alkanes of at least 4 members (excludes halogenated alkanes) is 1. The van der Waals surface area contributed by atoms with Crippen molar-refractivity contribution in [3.63, 3.8) is 0 Å². The van der Waals surface area contributed by atoms with E-state index in [1.807, 2.05) is 6.92 Å². The summed E-state index contributed by atoms with van der Waals surface area (Å²) in [5.41, 5.74) is 0.646. The van der Waals surface area contributed by atoms with E-state index in [-0.39, 0.29) is 25.0 Å². The molecule has 0 bridgehead atoms. The maximum Gasteiger partial charge on any atom is 0.314 e. The van der Waals surface area contributed by atoms with Crippen LogP contribution in [0.5, 0.6) is 0 Å². The van der Waals surface area contributed by atoms with Crippen molar-refractivity contribution in [1.29, 1.82) is 0 Å². The number of carbonyl (C=O) groups excluding carboxylic acids is 3. The van der Waals surface area contributed by atoms with Gasteiger partial charge in [-0.15, -0.1) is 0 Å². The van der Waals surface area contributed by atoms with Gasteiger partial charge in [0, 0.05) is 18.8 Å². The fourth-order valence-corrected chi connectivity index (χ4v) is 2.97. The molecule has 0 radical (unpaired) electrons. The van der Waals surface area contributed by atoms with Gasteiger partial charge in [0.15, 0.2) is 0 Å². The Bertz CT molecular complexity index is 667. The number of hydrogen-bond acceptors (Lipinski definition) is 5. The van der Waals surface area contributed by atoms with Gasteiger partial charge in [0.05, 0.1) is 12.5 Å². The van der Waals surface area contributed by atoms with Crippen molar-refractivity contribution in [1.82, 2.24) is 0 Å². The van der Waals surface area contributed by atoms with E-state index in [1.165, 1.54) is 0 Å². The molecule has 154 valence electrons. The molecule has 0 amide bonds. The second-order valence-electron chi connectivity index (χ2n) is 7.03. The van der Waals surface area contributed by atoms with Gasteiger partial charge >= 0.3 is 11.9 Å². The first-order valence-corrected chi connectivity index (χ1v) is 9.81. The number of ketones is 2. The van der Waals surface area contributed by atoms with Crippen LogP contribution in [0.2, 0.25) is 0 Å². The highest BCUT2D eigenvalue weighted by atomic mass is 16.5. The molecule has 1 aromatic rings. The van der Waals surface area contributed by atoms with Gasteiger partial charge in [-0.25, -0.2) is 0 Å². The minimum atomic E-state index is -1.18. The summed E-state index contributed by atoms with van der Waals surface area (Å²) in [7, 11) is 0. The highest BCUT2D eigenvalue weighted by Gasteiger charge is 2.32. The first-order chi connectivity index (χ1) is 13.3. The molecule has 6 nitrogen and oxygen atoms in total.